The van der Waals surface area contributed by atoms with E-state index in [1.165, 1.54) is 0 Å². The predicted molar refractivity (Wildman–Crippen MR) is 88.0 cm³/mol. The molecule has 0 bridgehead atoms. The summed E-state index contributed by atoms with van der Waals surface area (Å²) >= 11 is 0. The number of carbonyl (C=O) groups is 1. The number of likely N-dealkylation sites (tertiary alicyclic amines) is 1. The molecule has 23 heavy (non-hydrogen) atoms. The molecule has 1 aliphatic rings. The summed E-state index contributed by atoms with van der Waals surface area (Å²) in [5.41, 5.74) is 1.64. The molecule has 1 saturated heterocycles. The van der Waals surface area contributed by atoms with Crippen molar-refractivity contribution in [2.45, 2.75) is 18.9 Å². The summed E-state index contributed by atoms with van der Waals surface area (Å²) in [5.74, 6) is 0.00755. The topological polar surface area (TPSA) is 51.0 Å². The van der Waals surface area contributed by atoms with E-state index in [1.807, 2.05) is 54.7 Å². The van der Waals surface area contributed by atoms with Crippen molar-refractivity contribution in [3.05, 3.63) is 60.2 Å². The molecular weight excluding hydrogens is 288 g/mol. The van der Waals surface area contributed by atoms with Crippen LogP contribution in [0.1, 0.15) is 34.9 Å². The summed E-state index contributed by atoms with van der Waals surface area (Å²) in [6.07, 6.45) is 7.54. The van der Waals surface area contributed by atoms with Crippen molar-refractivity contribution < 1.29 is 4.79 Å². The molecule has 1 atom stereocenters. The van der Waals surface area contributed by atoms with Gasteiger partial charge in [0.1, 0.15) is 5.69 Å². The second kappa shape index (κ2) is 5.50. The maximum atomic E-state index is 13.1. The van der Waals surface area contributed by atoms with Gasteiger partial charge in [0, 0.05) is 36.9 Å². The lowest BCUT2D eigenvalue weighted by Crippen LogP contribution is -2.31. The van der Waals surface area contributed by atoms with E-state index in [0.29, 0.717) is 5.69 Å². The van der Waals surface area contributed by atoms with Crippen LogP contribution >= 0.6 is 0 Å². The van der Waals surface area contributed by atoms with Crippen molar-refractivity contribution in [1.29, 1.82) is 0 Å². The molecule has 1 aliphatic heterocycles. The van der Waals surface area contributed by atoms with Crippen molar-refractivity contribution in [2.75, 3.05) is 6.54 Å². The van der Waals surface area contributed by atoms with E-state index < -0.39 is 0 Å². The first-order valence-electron chi connectivity index (χ1n) is 7.87. The predicted octanol–water partition coefficient (Wildman–Crippen LogP) is 2.95. The molecule has 0 aliphatic carbocycles. The fraction of sp³-hybridized carbons (Fsp3) is 0.278. The van der Waals surface area contributed by atoms with Crippen LogP contribution in [0.5, 0.6) is 0 Å². The number of amides is 1. The van der Waals surface area contributed by atoms with Gasteiger partial charge in [-0.3, -0.25) is 14.5 Å². The molecule has 0 spiro atoms. The van der Waals surface area contributed by atoms with Crippen molar-refractivity contribution in [1.82, 2.24) is 19.7 Å². The molecule has 3 aromatic rings. The molecule has 0 N–H and O–H groups in total. The zero-order valence-electron chi connectivity index (χ0n) is 13.0. The number of aryl methyl sites for hydroxylation is 1. The number of hydrogen-bond acceptors (Lipinski definition) is 3. The number of aromatic nitrogens is 3. The quantitative estimate of drug-likeness (QED) is 0.731. The van der Waals surface area contributed by atoms with E-state index in [1.54, 1.807) is 10.9 Å². The zero-order valence-corrected chi connectivity index (χ0v) is 13.0. The van der Waals surface area contributed by atoms with Crippen LogP contribution in [-0.2, 0) is 7.05 Å². The first-order valence-corrected chi connectivity index (χ1v) is 7.87. The highest BCUT2D eigenvalue weighted by molar-refractivity contribution is 6.05. The third-order valence-electron chi connectivity index (χ3n) is 4.50. The fourth-order valence-corrected chi connectivity index (χ4v) is 3.39. The first-order chi connectivity index (χ1) is 11.2. The molecule has 0 saturated carbocycles. The van der Waals surface area contributed by atoms with Gasteiger partial charge in [-0.15, -0.1) is 0 Å². The van der Waals surface area contributed by atoms with Crippen LogP contribution in [0.2, 0.25) is 0 Å². The maximum absolute atomic E-state index is 13.1. The summed E-state index contributed by atoms with van der Waals surface area (Å²) in [6.45, 7) is 0.767. The smallest absolute Gasteiger partial charge is 0.273 e. The summed E-state index contributed by atoms with van der Waals surface area (Å²) in [6, 6.07) is 9.93. The highest BCUT2D eigenvalue weighted by Gasteiger charge is 2.32. The van der Waals surface area contributed by atoms with Crippen LogP contribution < -0.4 is 0 Å². The summed E-state index contributed by atoms with van der Waals surface area (Å²) in [4.78, 5) is 19.4. The second-order valence-corrected chi connectivity index (χ2v) is 5.98. The fourth-order valence-electron chi connectivity index (χ4n) is 3.39. The van der Waals surface area contributed by atoms with Gasteiger partial charge >= 0.3 is 0 Å². The average Bonchev–Trinajstić information content (AvgIpc) is 3.22. The Morgan fingerprint density at radius 2 is 2.13 bits per heavy atom. The Morgan fingerprint density at radius 1 is 1.26 bits per heavy atom. The summed E-state index contributed by atoms with van der Waals surface area (Å²) in [7, 11) is 1.90. The lowest BCUT2D eigenvalue weighted by atomic mass is 10.1. The van der Waals surface area contributed by atoms with Crippen LogP contribution in [-0.4, -0.2) is 32.1 Å². The lowest BCUT2D eigenvalue weighted by Gasteiger charge is -2.24. The van der Waals surface area contributed by atoms with E-state index in [9.17, 15) is 4.79 Å². The molecule has 1 unspecified atom stereocenters. The molecule has 1 amide bonds. The minimum Gasteiger partial charge on any atom is -0.330 e. The molecule has 1 fully saturated rings. The average molecular weight is 306 g/mol. The van der Waals surface area contributed by atoms with E-state index in [-0.39, 0.29) is 11.9 Å². The lowest BCUT2D eigenvalue weighted by molar-refractivity contribution is 0.0732. The van der Waals surface area contributed by atoms with Crippen LogP contribution in [0.4, 0.5) is 0 Å². The SMILES string of the molecule is Cn1cc(C2CCCN2C(=O)c2nccc3ccccc23)cn1. The van der Waals surface area contributed by atoms with Gasteiger partial charge in [0.05, 0.1) is 12.2 Å². The second-order valence-electron chi connectivity index (χ2n) is 5.98. The highest BCUT2D eigenvalue weighted by atomic mass is 16.2. The Labute approximate surface area is 134 Å². The van der Waals surface area contributed by atoms with Crippen LogP contribution in [0.15, 0.2) is 48.9 Å². The monoisotopic (exact) mass is 306 g/mol. The zero-order chi connectivity index (χ0) is 15.8. The van der Waals surface area contributed by atoms with E-state index in [4.69, 9.17) is 0 Å². The Kier molecular flexibility index (Phi) is 3.33. The number of nitrogens with zero attached hydrogens (tertiary/aromatic N) is 4. The van der Waals surface area contributed by atoms with Gasteiger partial charge < -0.3 is 4.90 Å². The third kappa shape index (κ3) is 2.38. The van der Waals surface area contributed by atoms with Gasteiger partial charge in [0.2, 0.25) is 0 Å². The molecule has 1 aromatic carbocycles. The van der Waals surface area contributed by atoms with Gasteiger partial charge in [0.15, 0.2) is 0 Å². The number of benzene rings is 1. The number of pyridine rings is 1. The normalized spacial score (nSPS) is 17.8. The standard InChI is InChI=1S/C18H18N4O/c1-21-12-14(11-20-21)16-7-4-10-22(16)18(23)17-15-6-3-2-5-13(15)8-9-19-17/h2-3,5-6,8-9,11-12,16H,4,7,10H2,1H3. The van der Waals surface area contributed by atoms with Crippen molar-refractivity contribution in [2.24, 2.45) is 7.05 Å². The van der Waals surface area contributed by atoms with Gasteiger partial charge in [-0.25, -0.2) is 0 Å². The van der Waals surface area contributed by atoms with Crippen LogP contribution in [0, 0.1) is 0 Å². The Balaban J connectivity index is 1.72. The van der Waals surface area contributed by atoms with Gasteiger partial charge in [-0.05, 0) is 24.3 Å². The Hall–Kier alpha value is -2.69. The number of rotatable bonds is 2. The minimum atomic E-state index is 0.00755. The van der Waals surface area contributed by atoms with Crippen molar-refractivity contribution >= 4 is 16.7 Å². The van der Waals surface area contributed by atoms with Gasteiger partial charge in [-0.2, -0.15) is 5.10 Å². The van der Waals surface area contributed by atoms with Crippen LogP contribution in [0.25, 0.3) is 10.8 Å². The molecule has 0 radical (unpaired) electrons. The number of carbonyl (C=O) groups excluding carboxylic acids is 1. The first kappa shape index (κ1) is 13.9. The van der Waals surface area contributed by atoms with E-state index in [2.05, 4.69) is 10.1 Å². The summed E-state index contributed by atoms with van der Waals surface area (Å²) < 4.78 is 1.78. The Bertz CT molecular complexity index is 865. The van der Waals surface area contributed by atoms with Gasteiger partial charge in [0.25, 0.3) is 5.91 Å². The maximum Gasteiger partial charge on any atom is 0.273 e. The molecule has 116 valence electrons. The highest BCUT2D eigenvalue weighted by Crippen LogP contribution is 2.33. The number of fused-ring (bicyclic) bond motifs is 1. The van der Waals surface area contributed by atoms with Crippen molar-refractivity contribution in [3.8, 4) is 0 Å². The van der Waals surface area contributed by atoms with Crippen molar-refractivity contribution in [3.63, 3.8) is 0 Å². The minimum absolute atomic E-state index is 0.00755. The molecule has 2 aromatic heterocycles. The molecular formula is C18H18N4O. The van der Waals surface area contributed by atoms with Gasteiger partial charge in [-0.1, -0.05) is 24.3 Å². The largest absolute Gasteiger partial charge is 0.330 e. The van der Waals surface area contributed by atoms with E-state index >= 15 is 0 Å². The summed E-state index contributed by atoms with van der Waals surface area (Å²) in [5, 5.41) is 6.20. The van der Waals surface area contributed by atoms with E-state index in [0.717, 1.165) is 35.7 Å². The molecule has 5 heteroatoms. The Morgan fingerprint density at radius 3 is 2.96 bits per heavy atom. The molecule has 4 rings (SSSR count). The van der Waals surface area contributed by atoms with Crippen LogP contribution in [0.3, 0.4) is 0 Å². The molecule has 5 nitrogen and oxygen atoms in total. The third-order valence-corrected chi connectivity index (χ3v) is 4.50. The molecule has 3 heterocycles. The number of hydrogen-bond donors (Lipinski definition) is 0.